The van der Waals surface area contributed by atoms with E-state index in [1.807, 2.05) is 61.5 Å². The zero-order valence-electron chi connectivity index (χ0n) is 24.4. The summed E-state index contributed by atoms with van der Waals surface area (Å²) in [6, 6.07) is 21.6. The van der Waals surface area contributed by atoms with Gasteiger partial charge in [-0.05, 0) is 43.0 Å². The first-order valence-electron chi connectivity index (χ1n) is 14.2. The summed E-state index contributed by atoms with van der Waals surface area (Å²) in [6.45, 7) is 1.34. The zero-order chi connectivity index (χ0) is 30.3. The summed E-state index contributed by atoms with van der Waals surface area (Å²) >= 11 is 0. The smallest absolute Gasteiger partial charge is 0.304 e. The number of aryl methyl sites for hydroxylation is 1. The molecule has 42 heavy (non-hydrogen) atoms. The lowest BCUT2D eigenvalue weighted by Crippen LogP contribution is -2.55. The van der Waals surface area contributed by atoms with E-state index in [-0.39, 0.29) is 30.6 Å². The minimum Gasteiger partial charge on any atom is -0.352 e. The molecule has 0 heterocycles. The molecule has 10 heteroatoms. The second kappa shape index (κ2) is 13.9. The summed E-state index contributed by atoms with van der Waals surface area (Å²) in [6.07, 6.45) is 4.04. The number of hydrogen-bond donors (Lipinski definition) is 1. The Morgan fingerprint density at radius 1 is 0.905 bits per heavy atom. The second-order valence-electron chi connectivity index (χ2n) is 11.0. The van der Waals surface area contributed by atoms with Crippen molar-refractivity contribution in [2.24, 2.45) is 0 Å². The summed E-state index contributed by atoms with van der Waals surface area (Å²) in [4.78, 5) is 29.6. The second-order valence-corrected chi connectivity index (χ2v) is 13.0. The highest BCUT2D eigenvalue weighted by molar-refractivity contribution is 7.90. The van der Waals surface area contributed by atoms with Gasteiger partial charge in [0.15, 0.2) is 0 Å². The molecule has 1 aliphatic rings. The van der Waals surface area contributed by atoms with Crippen LogP contribution in [0.25, 0.3) is 0 Å². The van der Waals surface area contributed by atoms with Gasteiger partial charge in [0.1, 0.15) is 18.4 Å². The number of hydrogen-bond acceptors (Lipinski definition) is 4. The predicted molar refractivity (Wildman–Crippen MR) is 162 cm³/mol. The zero-order valence-corrected chi connectivity index (χ0v) is 25.2. The van der Waals surface area contributed by atoms with Crippen molar-refractivity contribution in [3.8, 4) is 0 Å². The van der Waals surface area contributed by atoms with Crippen LogP contribution in [0.4, 0.5) is 10.1 Å². The minimum atomic E-state index is -4.27. The van der Waals surface area contributed by atoms with Crippen molar-refractivity contribution in [3.63, 3.8) is 0 Å². The van der Waals surface area contributed by atoms with E-state index < -0.39 is 34.5 Å². The standard InChI is InChI=1S/C32H39FN4O4S/c1-24-17-19-26(20-18-24)22-36(30(21-25-11-5-4-6-12-25)32(39)34-27-13-7-8-14-27)31(38)23-37(42(40,41)35(2)3)29-16-10-9-15-28(29)33/h4-6,9-12,15-20,27,30H,7-8,13-14,21-23H2,1-3H3,(H,34,39). The van der Waals surface area contributed by atoms with Gasteiger partial charge in [0.25, 0.3) is 0 Å². The molecule has 4 rings (SSSR count). The number of carbonyl (C=O) groups is 2. The molecule has 2 amide bonds. The van der Waals surface area contributed by atoms with E-state index in [0.717, 1.165) is 57.1 Å². The lowest BCUT2D eigenvalue weighted by molar-refractivity contribution is -0.140. The van der Waals surface area contributed by atoms with Gasteiger partial charge in [-0.1, -0.05) is 85.1 Å². The molecule has 1 fully saturated rings. The van der Waals surface area contributed by atoms with E-state index in [2.05, 4.69) is 5.32 Å². The molecule has 1 atom stereocenters. The van der Waals surface area contributed by atoms with Crippen molar-refractivity contribution in [2.75, 3.05) is 24.9 Å². The molecule has 224 valence electrons. The van der Waals surface area contributed by atoms with Crippen molar-refractivity contribution < 1.29 is 22.4 Å². The minimum absolute atomic E-state index is 0.0242. The highest BCUT2D eigenvalue weighted by Crippen LogP contribution is 2.25. The first-order chi connectivity index (χ1) is 20.1. The molecule has 3 aromatic carbocycles. The van der Waals surface area contributed by atoms with Gasteiger partial charge in [0.2, 0.25) is 11.8 Å². The van der Waals surface area contributed by atoms with Gasteiger partial charge in [0, 0.05) is 33.1 Å². The number of benzene rings is 3. The molecule has 1 aliphatic carbocycles. The Labute approximate surface area is 248 Å². The lowest BCUT2D eigenvalue weighted by Gasteiger charge is -2.35. The molecule has 1 N–H and O–H groups in total. The van der Waals surface area contributed by atoms with Gasteiger partial charge in [-0.25, -0.2) is 8.70 Å². The Morgan fingerprint density at radius 3 is 2.14 bits per heavy atom. The fourth-order valence-electron chi connectivity index (χ4n) is 5.17. The van der Waals surface area contributed by atoms with Crippen LogP contribution in [-0.4, -0.2) is 62.2 Å². The fraction of sp³-hybridized carbons (Fsp3) is 0.375. The predicted octanol–water partition coefficient (Wildman–Crippen LogP) is 4.45. The first kappa shape index (κ1) is 31.2. The van der Waals surface area contributed by atoms with Gasteiger partial charge < -0.3 is 10.2 Å². The van der Waals surface area contributed by atoms with Crippen molar-refractivity contribution in [3.05, 3.63) is 101 Å². The highest BCUT2D eigenvalue weighted by atomic mass is 32.2. The molecular weight excluding hydrogens is 555 g/mol. The third-order valence-electron chi connectivity index (χ3n) is 7.59. The Hall–Kier alpha value is -3.76. The Morgan fingerprint density at radius 2 is 1.52 bits per heavy atom. The summed E-state index contributed by atoms with van der Waals surface area (Å²) in [5.41, 5.74) is 2.44. The molecule has 1 unspecified atom stereocenters. The van der Waals surface area contributed by atoms with Crippen LogP contribution >= 0.6 is 0 Å². The summed E-state index contributed by atoms with van der Waals surface area (Å²) in [5, 5.41) is 3.14. The quantitative estimate of drug-likeness (QED) is 0.336. The number of rotatable bonds is 12. The summed E-state index contributed by atoms with van der Waals surface area (Å²) < 4.78 is 43.5. The summed E-state index contributed by atoms with van der Waals surface area (Å²) in [7, 11) is -1.62. The molecule has 0 bridgehead atoms. The fourth-order valence-corrected chi connectivity index (χ4v) is 6.23. The Bertz CT molecular complexity index is 1460. The van der Waals surface area contributed by atoms with Crippen LogP contribution in [0.1, 0.15) is 42.4 Å². The number of halogens is 1. The number of amides is 2. The normalized spacial score (nSPS) is 14.5. The van der Waals surface area contributed by atoms with Crippen LogP contribution in [0.2, 0.25) is 0 Å². The topological polar surface area (TPSA) is 90.0 Å². The van der Waals surface area contributed by atoms with Crippen LogP contribution < -0.4 is 9.62 Å². The van der Waals surface area contributed by atoms with Crippen molar-refractivity contribution >= 4 is 27.7 Å². The number of nitrogens with one attached hydrogen (secondary N) is 1. The van der Waals surface area contributed by atoms with Crippen molar-refractivity contribution in [2.45, 2.75) is 57.7 Å². The van der Waals surface area contributed by atoms with Gasteiger partial charge in [-0.2, -0.15) is 12.7 Å². The molecule has 0 aliphatic heterocycles. The number of anilines is 1. The lowest BCUT2D eigenvalue weighted by atomic mass is 10.0. The third-order valence-corrected chi connectivity index (χ3v) is 9.39. The van der Waals surface area contributed by atoms with Crippen molar-refractivity contribution in [1.29, 1.82) is 0 Å². The van der Waals surface area contributed by atoms with Crippen LogP contribution in [0.3, 0.4) is 0 Å². The van der Waals surface area contributed by atoms with E-state index in [4.69, 9.17) is 0 Å². The molecule has 0 aromatic heterocycles. The molecule has 1 saturated carbocycles. The van der Waals surface area contributed by atoms with E-state index in [0.29, 0.717) is 0 Å². The van der Waals surface area contributed by atoms with E-state index in [9.17, 15) is 22.4 Å². The van der Waals surface area contributed by atoms with Crippen LogP contribution in [0, 0.1) is 12.7 Å². The molecular formula is C32H39FN4O4S. The number of para-hydroxylation sites is 1. The Kier molecular flexibility index (Phi) is 10.3. The van der Waals surface area contributed by atoms with Gasteiger partial charge in [-0.15, -0.1) is 0 Å². The summed E-state index contributed by atoms with van der Waals surface area (Å²) in [5.74, 6) is -1.69. The highest BCUT2D eigenvalue weighted by Gasteiger charge is 2.36. The average Bonchev–Trinajstić information content (AvgIpc) is 3.48. The molecule has 0 spiro atoms. The molecule has 0 radical (unpaired) electrons. The van der Waals surface area contributed by atoms with E-state index in [1.54, 1.807) is 0 Å². The average molecular weight is 595 g/mol. The van der Waals surface area contributed by atoms with E-state index in [1.165, 1.54) is 37.2 Å². The van der Waals surface area contributed by atoms with Crippen LogP contribution in [0.5, 0.6) is 0 Å². The maximum Gasteiger partial charge on any atom is 0.304 e. The Balaban J connectivity index is 1.76. The van der Waals surface area contributed by atoms with Crippen LogP contribution in [-0.2, 0) is 32.8 Å². The van der Waals surface area contributed by atoms with Crippen molar-refractivity contribution in [1.82, 2.24) is 14.5 Å². The number of nitrogens with zero attached hydrogens (tertiary/aromatic N) is 3. The number of carbonyl (C=O) groups excluding carboxylic acids is 2. The van der Waals surface area contributed by atoms with E-state index >= 15 is 0 Å². The molecule has 8 nitrogen and oxygen atoms in total. The largest absolute Gasteiger partial charge is 0.352 e. The van der Waals surface area contributed by atoms with Gasteiger partial charge >= 0.3 is 10.2 Å². The monoisotopic (exact) mass is 594 g/mol. The maximum atomic E-state index is 15.0. The van der Waals surface area contributed by atoms with Gasteiger partial charge in [0.05, 0.1) is 5.69 Å². The SMILES string of the molecule is Cc1ccc(CN(C(=O)CN(c2ccccc2F)S(=O)(=O)N(C)C)C(Cc2ccccc2)C(=O)NC2CCCC2)cc1. The molecule has 3 aromatic rings. The van der Waals surface area contributed by atoms with Gasteiger partial charge in [-0.3, -0.25) is 9.59 Å². The third kappa shape index (κ3) is 7.74. The first-order valence-corrected chi connectivity index (χ1v) is 15.6. The molecule has 0 saturated heterocycles. The van der Waals surface area contributed by atoms with Crippen LogP contribution in [0.15, 0.2) is 78.9 Å². The maximum absolute atomic E-state index is 15.0.